The maximum atomic E-state index is 12.9. The monoisotopic (exact) mass is 239 g/mol. The molecule has 0 spiro atoms. The number of halogens is 2. The van der Waals surface area contributed by atoms with Gasteiger partial charge in [-0.05, 0) is 30.3 Å². The Hall–Kier alpha value is -1.81. The van der Waals surface area contributed by atoms with Gasteiger partial charge in [0.2, 0.25) is 0 Å². The molecule has 1 N–H and O–H groups in total. The van der Waals surface area contributed by atoms with Crippen LogP contribution in [-0.4, -0.2) is 15.6 Å². The molecule has 2 rings (SSSR count). The van der Waals surface area contributed by atoms with Gasteiger partial charge in [-0.1, -0.05) is 11.6 Å². The Morgan fingerprint density at radius 3 is 2.75 bits per heavy atom. The summed E-state index contributed by atoms with van der Waals surface area (Å²) in [6.45, 7) is 0. The van der Waals surface area contributed by atoms with Crippen molar-refractivity contribution in [1.29, 1.82) is 0 Å². The zero-order chi connectivity index (χ0) is 11.7. The number of hydrogen-bond acceptors (Lipinski definition) is 1. The van der Waals surface area contributed by atoms with Crippen molar-refractivity contribution in [3.05, 3.63) is 53.1 Å². The third-order valence-electron chi connectivity index (χ3n) is 2.15. The zero-order valence-electron chi connectivity index (χ0n) is 8.02. The summed E-state index contributed by atoms with van der Waals surface area (Å²) in [5.74, 6) is -1.58. The van der Waals surface area contributed by atoms with Crippen LogP contribution < -0.4 is 0 Å². The van der Waals surface area contributed by atoms with E-state index in [1.807, 2.05) is 0 Å². The average molecular weight is 240 g/mol. The van der Waals surface area contributed by atoms with Crippen LogP contribution in [0.5, 0.6) is 0 Å². The molecule has 3 nitrogen and oxygen atoms in total. The van der Waals surface area contributed by atoms with Gasteiger partial charge in [-0.3, -0.25) is 0 Å². The van der Waals surface area contributed by atoms with Crippen LogP contribution in [0.25, 0.3) is 5.69 Å². The second-order valence-corrected chi connectivity index (χ2v) is 3.57. The maximum Gasteiger partial charge on any atom is 0.352 e. The molecule has 0 fully saturated rings. The van der Waals surface area contributed by atoms with Crippen molar-refractivity contribution in [1.82, 2.24) is 4.57 Å². The number of aromatic nitrogens is 1. The summed E-state index contributed by atoms with van der Waals surface area (Å²) < 4.78 is 14.4. The summed E-state index contributed by atoms with van der Waals surface area (Å²) in [7, 11) is 0. The average Bonchev–Trinajstić information content (AvgIpc) is 2.71. The molecule has 82 valence electrons. The lowest BCUT2D eigenvalue weighted by molar-refractivity contribution is 0.0688. The van der Waals surface area contributed by atoms with Gasteiger partial charge in [0.05, 0.1) is 5.02 Å². The van der Waals surface area contributed by atoms with Crippen LogP contribution in [0.2, 0.25) is 5.02 Å². The standard InChI is InChI=1S/C11H7ClFNO2/c12-8-6-7(3-4-9(8)13)14-5-1-2-10(14)11(15)16/h1-6H,(H,15,16). The molecule has 0 bridgehead atoms. The fraction of sp³-hybridized carbons (Fsp3) is 0. The molecule has 0 atom stereocenters. The topological polar surface area (TPSA) is 42.2 Å². The van der Waals surface area contributed by atoms with Gasteiger partial charge in [-0.15, -0.1) is 0 Å². The molecule has 5 heteroatoms. The lowest BCUT2D eigenvalue weighted by atomic mass is 10.3. The summed E-state index contributed by atoms with van der Waals surface area (Å²) in [4.78, 5) is 10.9. The molecule has 2 aromatic rings. The number of rotatable bonds is 2. The van der Waals surface area contributed by atoms with Crippen LogP contribution in [0.4, 0.5) is 4.39 Å². The molecule has 1 aromatic carbocycles. The Bertz CT molecular complexity index is 551. The molecule has 0 amide bonds. The van der Waals surface area contributed by atoms with Crippen LogP contribution in [0.15, 0.2) is 36.5 Å². The Kier molecular flexibility index (Phi) is 2.66. The molecular formula is C11H7ClFNO2. The Balaban J connectivity index is 2.54. The van der Waals surface area contributed by atoms with E-state index in [2.05, 4.69) is 0 Å². The minimum absolute atomic E-state index is 0.0393. The van der Waals surface area contributed by atoms with E-state index >= 15 is 0 Å². The SMILES string of the molecule is O=C(O)c1cccn1-c1ccc(F)c(Cl)c1. The predicted octanol–water partition coefficient (Wildman–Crippen LogP) is 2.97. The van der Waals surface area contributed by atoms with Gasteiger partial charge in [0.1, 0.15) is 11.5 Å². The highest BCUT2D eigenvalue weighted by Gasteiger charge is 2.11. The smallest absolute Gasteiger partial charge is 0.352 e. The predicted molar refractivity (Wildman–Crippen MR) is 57.7 cm³/mol. The highest BCUT2D eigenvalue weighted by Crippen LogP contribution is 2.20. The Morgan fingerprint density at radius 2 is 2.12 bits per heavy atom. The molecule has 0 unspecified atom stereocenters. The van der Waals surface area contributed by atoms with Crippen molar-refractivity contribution < 1.29 is 14.3 Å². The van der Waals surface area contributed by atoms with Gasteiger partial charge >= 0.3 is 5.97 Å². The first kappa shape index (κ1) is 10.7. The summed E-state index contributed by atoms with van der Waals surface area (Å²) >= 11 is 5.63. The van der Waals surface area contributed by atoms with Crippen molar-refractivity contribution in [2.75, 3.05) is 0 Å². The number of benzene rings is 1. The minimum Gasteiger partial charge on any atom is -0.477 e. The van der Waals surface area contributed by atoms with E-state index in [4.69, 9.17) is 16.7 Å². The summed E-state index contributed by atoms with van der Waals surface area (Å²) in [5, 5.41) is 8.87. The molecule has 0 aliphatic rings. The lowest BCUT2D eigenvalue weighted by Crippen LogP contribution is -2.05. The molecule has 0 saturated heterocycles. The number of carboxylic acid groups (broad SMARTS) is 1. The first-order valence-corrected chi connectivity index (χ1v) is 4.83. The van der Waals surface area contributed by atoms with Crippen molar-refractivity contribution >= 4 is 17.6 Å². The van der Waals surface area contributed by atoms with E-state index in [1.54, 1.807) is 12.3 Å². The number of aromatic carboxylic acids is 1. The second kappa shape index (κ2) is 3.98. The van der Waals surface area contributed by atoms with Crippen molar-refractivity contribution in [2.45, 2.75) is 0 Å². The normalized spacial score (nSPS) is 10.4. The van der Waals surface area contributed by atoms with E-state index in [1.165, 1.54) is 28.8 Å². The lowest BCUT2D eigenvalue weighted by Gasteiger charge is -2.06. The third kappa shape index (κ3) is 1.79. The van der Waals surface area contributed by atoms with Crippen LogP contribution in [-0.2, 0) is 0 Å². The largest absolute Gasteiger partial charge is 0.477 e. The molecule has 0 aliphatic heterocycles. The van der Waals surface area contributed by atoms with Gasteiger partial charge in [-0.2, -0.15) is 0 Å². The first-order valence-electron chi connectivity index (χ1n) is 4.45. The quantitative estimate of drug-likeness (QED) is 0.876. The molecule has 0 saturated carbocycles. The fourth-order valence-electron chi connectivity index (χ4n) is 1.42. The summed E-state index contributed by atoms with van der Waals surface area (Å²) in [5.41, 5.74) is 0.608. The van der Waals surface area contributed by atoms with Crippen molar-refractivity contribution in [2.24, 2.45) is 0 Å². The third-order valence-corrected chi connectivity index (χ3v) is 2.44. The highest BCUT2D eigenvalue weighted by molar-refractivity contribution is 6.30. The molecule has 0 aliphatic carbocycles. The fourth-order valence-corrected chi connectivity index (χ4v) is 1.59. The van der Waals surface area contributed by atoms with E-state index in [-0.39, 0.29) is 10.7 Å². The van der Waals surface area contributed by atoms with Gasteiger partial charge in [0.25, 0.3) is 0 Å². The van der Waals surface area contributed by atoms with E-state index in [0.717, 1.165) is 0 Å². The van der Waals surface area contributed by atoms with E-state index < -0.39 is 11.8 Å². The number of nitrogens with zero attached hydrogens (tertiary/aromatic N) is 1. The molecule has 0 radical (unpaired) electrons. The molecular weight excluding hydrogens is 233 g/mol. The van der Waals surface area contributed by atoms with E-state index in [9.17, 15) is 9.18 Å². The Morgan fingerprint density at radius 1 is 1.38 bits per heavy atom. The van der Waals surface area contributed by atoms with Crippen molar-refractivity contribution in [3.63, 3.8) is 0 Å². The van der Waals surface area contributed by atoms with E-state index in [0.29, 0.717) is 5.69 Å². The van der Waals surface area contributed by atoms with Gasteiger partial charge in [-0.25, -0.2) is 9.18 Å². The maximum absolute atomic E-state index is 12.9. The van der Waals surface area contributed by atoms with Crippen molar-refractivity contribution in [3.8, 4) is 5.69 Å². The number of carboxylic acids is 1. The summed E-state index contributed by atoms with van der Waals surface area (Å²) in [6, 6.07) is 7.10. The van der Waals surface area contributed by atoms with Crippen LogP contribution in [0.3, 0.4) is 0 Å². The van der Waals surface area contributed by atoms with Crippen LogP contribution in [0.1, 0.15) is 10.5 Å². The molecule has 16 heavy (non-hydrogen) atoms. The van der Waals surface area contributed by atoms with Crippen LogP contribution in [0, 0.1) is 5.82 Å². The summed E-state index contributed by atoms with van der Waals surface area (Å²) in [6.07, 6.45) is 1.58. The minimum atomic E-state index is -1.05. The van der Waals surface area contributed by atoms with Gasteiger partial charge < -0.3 is 9.67 Å². The Labute approximate surface area is 95.7 Å². The molecule has 1 heterocycles. The number of hydrogen-bond donors (Lipinski definition) is 1. The zero-order valence-corrected chi connectivity index (χ0v) is 8.78. The molecule has 1 aromatic heterocycles. The second-order valence-electron chi connectivity index (χ2n) is 3.17. The van der Waals surface area contributed by atoms with Gasteiger partial charge in [0.15, 0.2) is 0 Å². The number of carbonyl (C=O) groups is 1. The first-order chi connectivity index (χ1) is 7.59. The van der Waals surface area contributed by atoms with Gasteiger partial charge in [0, 0.05) is 11.9 Å². The highest BCUT2D eigenvalue weighted by atomic mass is 35.5. The van der Waals surface area contributed by atoms with Crippen LogP contribution >= 0.6 is 11.6 Å².